The quantitative estimate of drug-likeness (QED) is 0.240. The zero-order chi connectivity index (χ0) is 21.0. The molecule has 0 saturated carbocycles. The van der Waals surface area contributed by atoms with Crippen molar-refractivity contribution < 1.29 is 0 Å². The van der Waals surface area contributed by atoms with Crippen LogP contribution in [0, 0.1) is 0 Å². The molecule has 1 aliphatic heterocycles. The lowest BCUT2D eigenvalue weighted by Gasteiger charge is -2.14. The fraction of sp³-hybridized carbons (Fsp3) is 0.429. The minimum absolute atomic E-state index is 1.20. The van der Waals surface area contributed by atoms with Crippen molar-refractivity contribution in [1.29, 1.82) is 0 Å². The molecule has 2 aromatic rings. The van der Waals surface area contributed by atoms with E-state index in [-0.39, 0.29) is 0 Å². The summed E-state index contributed by atoms with van der Waals surface area (Å²) in [6.07, 6.45) is 17.6. The minimum Gasteiger partial charge on any atom is -0.0654 e. The van der Waals surface area contributed by atoms with Crippen LogP contribution in [0.4, 0.5) is 0 Å². The van der Waals surface area contributed by atoms with E-state index in [0.717, 1.165) is 0 Å². The van der Waals surface area contributed by atoms with E-state index in [1.165, 1.54) is 96.3 Å². The van der Waals surface area contributed by atoms with Crippen LogP contribution >= 0.6 is 21.6 Å². The molecule has 1 aliphatic rings. The van der Waals surface area contributed by atoms with Crippen LogP contribution in [0.15, 0.2) is 60.7 Å². The Kier molecular flexibility index (Phi) is 10.2. The predicted octanol–water partition coefficient (Wildman–Crippen LogP) is 9.71. The molecular formula is C28H36S2. The molecular weight excluding hydrogens is 400 g/mol. The van der Waals surface area contributed by atoms with Crippen LogP contribution in [-0.2, 0) is 12.8 Å². The Morgan fingerprint density at radius 2 is 0.900 bits per heavy atom. The van der Waals surface area contributed by atoms with Crippen molar-refractivity contribution in [3.8, 4) is 0 Å². The summed E-state index contributed by atoms with van der Waals surface area (Å²) in [6.45, 7) is 4.54. The first-order chi connectivity index (χ1) is 14.8. The van der Waals surface area contributed by atoms with Crippen molar-refractivity contribution in [3.63, 3.8) is 0 Å². The molecule has 0 saturated heterocycles. The second-order valence-electron chi connectivity index (χ2n) is 8.24. The SMILES string of the molecule is CCCCCCCc1ccc(C2=CC=C(c3ccc(CCCCC)cc3)SS2)cc1. The molecule has 0 atom stereocenters. The van der Waals surface area contributed by atoms with Gasteiger partial charge < -0.3 is 0 Å². The lowest BCUT2D eigenvalue weighted by Crippen LogP contribution is -1.89. The van der Waals surface area contributed by atoms with Gasteiger partial charge in [-0.25, -0.2) is 0 Å². The molecule has 0 spiro atoms. The fourth-order valence-electron chi connectivity index (χ4n) is 3.77. The smallest absolute Gasteiger partial charge is 0.0259 e. The van der Waals surface area contributed by atoms with Gasteiger partial charge in [-0.05, 0) is 60.1 Å². The molecule has 2 heteroatoms. The number of unbranched alkanes of at least 4 members (excludes halogenated alkanes) is 6. The van der Waals surface area contributed by atoms with Gasteiger partial charge in [-0.2, -0.15) is 0 Å². The number of hydrogen-bond acceptors (Lipinski definition) is 2. The molecule has 0 unspecified atom stereocenters. The van der Waals surface area contributed by atoms with Crippen LogP contribution in [-0.4, -0.2) is 0 Å². The molecule has 2 aromatic carbocycles. The highest BCUT2D eigenvalue weighted by Crippen LogP contribution is 2.48. The Balaban J connectivity index is 1.54. The monoisotopic (exact) mass is 436 g/mol. The molecule has 0 fully saturated rings. The Morgan fingerprint density at radius 3 is 1.33 bits per heavy atom. The summed E-state index contributed by atoms with van der Waals surface area (Å²) in [5.74, 6) is 0. The third kappa shape index (κ3) is 7.39. The summed E-state index contributed by atoms with van der Waals surface area (Å²) < 4.78 is 0. The van der Waals surface area contributed by atoms with E-state index in [0.29, 0.717) is 0 Å². The van der Waals surface area contributed by atoms with Gasteiger partial charge in [0.05, 0.1) is 0 Å². The third-order valence-corrected chi connectivity index (χ3v) is 8.24. The third-order valence-electron chi connectivity index (χ3n) is 5.72. The first-order valence-corrected chi connectivity index (χ1v) is 13.9. The van der Waals surface area contributed by atoms with E-state index in [4.69, 9.17) is 0 Å². The summed E-state index contributed by atoms with van der Waals surface area (Å²) in [6, 6.07) is 18.4. The topological polar surface area (TPSA) is 0 Å². The summed E-state index contributed by atoms with van der Waals surface area (Å²) in [5, 5.41) is 0. The Morgan fingerprint density at radius 1 is 0.500 bits per heavy atom. The Labute approximate surface area is 192 Å². The number of allylic oxidation sites excluding steroid dienone is 2. The highest BCUT2D eigenvalue weighted by molar-refractivity contribution is 8.83. The molecule has 1 heterocycles. The molecule has 0 bridgehead atoms. The van der Waals surface area contributed by atoms with Gasteiger partial charge in [0.1, 0.15) is 0 Å². The second-order valence-corrected chi connectivity index (χ2v) is 10.5. The summed E-state index contributed by atoms with van der Waals surface area (Å²) >= 11 is 0. The van der Waals surface area contributed by atoms with E-state index in [9.17, 15) is 0 Å². The highest BCUT2D eigenvalue weighted by atomic mass is 33.1. The lowest BCUT2D eigenvalue weighted by molar-refractivity contribution is 0.632. The van der Waals surface area contributed by atoms with Crippen molar-refractivity contribution in [1.82, 2.24) is 0 Å². The summed E-state index contributed by atoms with van der Waals surface area (Å²) in [5.41, 5.74) is 5.60. The average molecular weight is 437 g/mol. The van der Waals surface area contributed by atoms with Crippen LogP contribution in [0.1, 0.15) is 87.5 Å². The number of benzene rings is 2. The van der Waals surface area contributed by atoms with Crippen LogP contribution in [0.3, 0.4) is 0 Å². The standard InChI is InChI=1S/C28H36S2/c1-3-5-7-8-10-12-24-15-19-26(20-16-24)28-22-21-27(29-30-28)25-17-13-23(14-18-25)11-9-6-4-2/h13-22H,3-12H2,1-2H3. The van der Waals surface area contributed by atoms with Crippen molar-refractivity contribution in [2.24, 2.45) is 0 Å². The van der Waals surface area contributed by atoms with Crippen LogP contribution in [0.5, 0.6) is 0 Å². The van der Waals surface area contributed by atoms with Gasteiger partial charge in [-0.1, -0.05) is 122 Å². The Hall–Kier alpha value is -1.38. The molecule has 3 rings (SSSR count). The lowest BCUT2D eigenvalue weighted by atomic mass is 10.0. The van der Waals surface area contributed by atoms with E-state index in [1.807, 2.05) is 21.6 Å². The van der Waals surface area contributed by atoms with Gasteiger partial charge in [-0.15, -0.1) is 0 Å². The van der Waals surface area contributed by atoms with E-state index < -0.39 is 0 Å². The highest BCUT2D eigenvalue weighted by Gasteiger charge is 2.12. The fourth-order valence-corrected chi connectivity index (χ4v) is 6.11. The molecule has 0 radical (unpaired) electrons. The van der Waals surface area contributed by atoms with E-state index >= 15 is 0 Å². The summed E-state index contributed by atoms with van der Waals surface area (Å²) in [7, 11) is 3.76. The number of hydrogen-bond donors (Lipinski definition) is 0. The predicted molar refractivity (Wildman–Crippen MR) is 140 cm³/mol. The molecule has 0 aromatic heterocycles. The molecule has 0 N–H and O–H groups in total. The normalized spacial score (nSPS) is 13.8. The molecule has 0 aliphatic carbocycles. The van der Waals surface area contributed by atoms with Gasteiger partial charge in [0.15, 0.2) is 0 Å². The first-order valence-electron chi connectivity index (χ1n) is 11.7. The van der Waals surface area contributed by atoms with E-state index in [2.05, 4.69) is 74.5 Å². The van der Waals surface area contributed by atoms with Gasteiger partial charge in [-0.3, -0.25) is 0 Å². The average Bonchev–Trinajstić information content (AvgIpc) is 2.80. The van der Waals surface area contributed by atoms with Gasteiger partial charge >= 0.3 is 0 Å². The van der Waals surface area contributed by atoms with Gasteiger partial charge in [0.2, 0.25) is 0 Å². The maximum absolute atomic E-state index is 2.32. The minimum atomic E-state index is 1.20. The molecule has 0 amide bonds. The zero-order valence-electron chi connectivity index (χ0n) is 18.7. The van der Waals surface area contributed by atoms with Crippen molar-refractivity contribution >= 4 is 31.4 Å². The molecule has 30 heavy (non-hydrogen) atoms. The zero-order valence-corrected chi connectivity index (χ0v) is 20.3. The van der Waals surface area contributed by atoms with Gasteiger partial charge in [0.25, 0.3) is 0 Å². The maximum atomic E-state index is 2.32. The number of rotatable bonds is 12. The first kappa shape index (κ1) is 23.3. The molecule has 0 nitrogen and oxygen atoms in total. The number of aryl methyl sites for hydroxylation is 2. The van der Waals surface area contributed by atoms with Gasteiger partial charge in [0, 0.05) is 9.81 Å². The van der Waals surface area contributed by atoms with Crippen LogP contribution < -0.4 is 0 Å². The van der Waals surface area contributed by atoms with E-state index in [1.54, 1.807) is 0 Å². The summed E-state index contributed by atoms with van der Waals surface area (Å²) in [4.78, 5) is 2.71. The molecule has 160 valence electrons. The van der Waals surface area contributed by atoms with Crippen LogP contribution in [0.25, 0.3) is 9.81 Å². The Bertz CT molecular complexity index is 813. The largest absolute Gasteiger partial charge is 0.0654 e. The van der Waals surface area contributed by atoms with Crippen molar-refractivity contribution in [2.45, 2.75) is 78.1 Å². The maximum Gasteiger partial charge on any atom is 0.0259 e. The second kappa shape index (κ2) is 13.1. The van der Waals surface area contributed by atoms with Crippen molar-refractivity contribution in [3.05, 3.63) is 82.9 Å². The van der Waals surface area contributed by atoms with Crippen molar-refractivity contribution in [2.75, 3.05) is 0 Å². The van der Waals surface area contributed by atoms with Crippen LogP contribution in [0.2, 0.25) is 0 Å².